The summed E-state index contributed by atoms with van der Waals surface area (Å²) < 4.78 is 0. The number of hydrogen-bond donors (Lipinski definition) is 0. The topological polar surface area (TPSA) is 33.2 Å². The van der Waals surface area contributed by atoms with Crippen molar-refractivity contribution in [2.75, 3.05) is 7.05 Å². The minimum Gasteiger partial charge on any atom is -0.339 e. The van der Waals surface area contributed by atoms with Crippen LogP contribution >= 0.6 is 11.6 Å². The molecule has 1 saturated carbocycles. The summed E-state index contributed by atoms with van der Waals surface area (Å²) in [6.45, 7) is 2.27. The van der Waals surface area contributed by atoms with Crippen LogP contribution in [0.15, 0.2) is 18.5 Å². The summed E-state index contributed by atoms with van der Waals surface area (Å²) in [7, 11) is 1.87. The van der Waals surface area contributed by atoms with Crippen molar-refractivity contribution >= 4 is 17.5 Å². The van der Waals surface area contributed by atoms with Crippen molar-refractivity contribution in [3.8, 4) is 0 Å². The van der Waals surface area contributed by atoms with Gasteiger partial charge in [0.25, 0.3) is 5.91 Å². The molecule has 0 saturated heterocycles. The second-order valence-electron chi connectivity index (χ2n) is 5.19. The number of nitrogens with zero attached hydrogens (tertiary/aromatic N) is 2. The first kappa shape index (κ1) is 13.3. The van der Waals surface area contributed by atoms with Gasteiger partial charge in [-0.3, -0.25) is 9.78 Å². The zero-order valence-corrected chi connectivity index (χ0v) is 11.7. The standard InChI is InChI=1S/C14H19ClN2O/c1-10-3-5-11(6-4-10)17(2)14(18)12-9-16-8-7-13(12)15/h7-11H,3-6H2,1-2H3. The normalized spacial score (nSPS) is 23.7. The summed E-state index contributed by atoms with van der Waals surface area (Å²) in [4.78, 5) is 18.2. The van der Waals surface area contributed by atoms with Gasteiger partial charge < -0.3 is 4.90 Å². The monoisotopic (exact) mass is 266 g/mol. The van der Waals surface area contributed by atoms with E-state index in [-0.39, 0.29) is 5.91 Å². The first-order chi connectivity index (χ1) is 8.59. The number of carbonyl (C=O) groups is 1. The third-order valence-corrected chi connectivity index (χ3v) is 4.18. The highest BCUT2D eigenvalue weighted by molar-refractivity contribution is 6.33. The number of amides is 1. The van der Waals surface area contributed by atoms with Crippen LogP contribution in [0.25, 0.3) is 0 Å². The number of pyridine rings is 1. The van der Waals surface area contributed by atoms with Crippen molar-refractivity contribution in [1.82, 2.24) is 9.88 Å². The minimum atomic E-state index is -0.0207. The second-order valence-corrected chi connectivity index (χ2v) is 5.59. The average Bonchev–Trinajstić information content (AvgIpc) is 2.38. The maximum absolute atomic E-state index is 12.3. The van der Waals surface area contributed by atoms with E-state index >= 15 is 0 Å². The molecular weight excluding hydrogens is 248 g/mol. The van der Waals surface area contributed by atoms with Crippen molar-refractivity contribution in [3.05, 3.63) is 29.0 Å². The van der Waals surface area contributed by atoms with Crippen LogP contribution < -0.4 is 0 Å². The molecule has 0 bridgehead atoms. The first-order valence-electron chi connectivity index (χ1n) is 6.46. The Labute approximate surface area is 113 Å². The molecule has 0 atom stereocenters. The van der Waals surface area contributed by atoms with E-state index in [2.05, 4.69) is 11.9 Å². The van der Waals surface area contributed by atoms with Crippen molar-refractivity contribution in [1.29, 1.82) is 0 Å². The molecule has 3 nitrogen and oxygen atoms in total. The molecule has 1 aromatic rings. The lowest BCUT2D eigenvalue weighted by Gasteiger charge is -2.33. The minimum absolute atomic E-state index is 0.0207. The van der Waals surface area contributed by atoms with Crippen LogP contribution in [0.5, 0.6) is 0 Å². The van der Waals surface area contributed by atoms with Gasteiger partial charge in [0.05, 0.1) is 10.6 Å². The third-order valence-electron chi connectivity index (χ3n) is 3.85. The molecule has 0 radical (unpaired) electrons. The highest BCUT2D eigenvalue weighted by Crippen LogP contribution is 2.27. The Balaban J connectivity index is 2.07. The fourth-order valence-corrected chi connectivity index (χ4v) is 2.71. The van der Waals surface area contributed by atoms with Gasteiger partial charge in [-0.05, 0) is 37.7 Å². The highest BCUT2D eigenvalue weighted by atomic mass is 35.5. The molecule has 2 rings (SSSR count). The summed E-state index contributed by atoms with van der Waals surface area (Å²) in [6, 6.07) is 2.00. The van der Waals surface area contributed by atoms with Crippen molar-refractivity contribution in [3.63, 3.8) is 0 Å². The quantitative estimate of drug-likeness (QED) is 0.822. The smallest absolute Gasteiger partial charge is 0.256 e. The van der Waals surface area contributed by atoms with Crippen molar-refractivity contribution < 1.29 is 4.79 Å². The number of hydrogen-bond acceptors (Lipinski definition) is 2. The molecule has 0 N–H and O–H groups in total. The predicted octanol–water partition coefficient (Wildman–Crippen LogP) is 3.39. The van der Waals surface area contributed by atoms with E-state index < -0.39 is 0 Å². The Morgan fingerprint density at radius 1 is 1.39 bits per heavy atom. The van der Waals surface area contributed by atoms with Crippen LogP contribution in [-0.2, 0) is 0 Å². The average molecular weight is 267 g/mol. The number of carbonyl (C=O) groups excluding carboxylic acids is 1. The van der Waals surface area contributed by atoms with E-state index in [4.69, 9.17) is 11.6 Å². The van der Waals surface area contributed by atoms with Crippen LogP contribution in [0.4, 0.5) is 0 Å². The Bertz CT molecular complexity index is 428. The fraction of sp³-hybridized carbons (Fsp3) is 0.571. The Morgan fingerprint density at radius 2 is 2.06 bits per heavy atom. The summed E-state index contributed by atoms with van der Waals surface area (Å²) in [5.41, 5.74) is 0.500. The van der Waals surface area contributed by atoms with Gasteiger partial charge in [0, 0.05) is 25.5 Å². The maximum Gasteiger partial charge on any atom is 0.256 e. The maximum atomic E-state index is 12.3. The number of aromatic nitrogens is 1. The van der Waals surface area contributed by atoms with Gasteiger partial charge in [0.2, 0.25) is 0 Å². The molecule has 0 aromatic carbocycles. The van der Waals surface area contributed by atoms with E-state index in [0.29, 0.717) is 16.6 Å². The summed E-state index contributed by atoms with van der Waals surface area (Å²) in [6.07, 6.45) is 7.71. The molecule has 1 aromatic heterocycles. The van der Waals surface area contributed by atoms with Crippen LogP contribution in [-0.4, -0.2) is 28.9 Å². The van der Waals surface area contributed by atoms with Gasteiger partial charge in [0.15, 0.2) is 0 Å². The lowest BCUT2D eigenvalue weighted by molar-refractivity contribution is 0.0679. The van der Waals surface area contributed by atoms with E-state index in [1.165, 1.54) is 12.8 Å². The Hall–Kier alpha value is -1.09. The largest absolute Gasteiger partial charge is 0.339 e. The SMILES string of the molecule is CC1CCC(N(C)C(=O)c2cnccc2Cl)CC1. The van der Waals surface area contributed by atoms with E-state index in [1.807, 2.05) is 11.9 Å². The molecule has 18 heavy (non-hydrogen) atoms. The van der Waals surface area contributed by atoms with Crippen LogP contribution in [0.1, 0.15) is 43.0 Å². The van der Waals surface area contributed by atoms with Gasteiger partial charge in [-0.25, -0.2) is 0 Å². The molecule has 1 amide bonds. The van der Waals surface area contributed by atoms with E-state index in [1.54, 1.807) is 18.5 Å². The summed E-state index contributed by atoms with van der Waals surface area (Å²) in [5.74, 6) is 0.763. The molecular formula is C14H19ClN2O. The molecule has 1 aliphatic rings. The van der Waals surface area contributed by atoms with Crippen molar-refractivity contribution in [2.24, 2.45) is 5.92 Å². The molecule has 0 unspecified atom stereocenters. The van der Waals surface area contributed by atoms with Crippen molar-refractivity contribution in [2.45, 2.75) is 38.6 Å². The zero-order valence-electron chi connectivity index (χ0n) is 10.9. The van der Waals surface area contributed by atoms with Gasteiger partial charge in [0.1, 0.15) is 0 Å². The van der Waals surface area contributed by atoms with Gasteiger partial charge in [-0.1, -0.05) is 18.5 Å². The first-order valence-corrected chi connectivity index (χ1v) is 6.84. The Morgan fingerprint density at radius 3 is 2.67 bits per heavy atom. The summed E-state index contributed by atoms with van der Waals surface area (Å²) in [5, 5.41) is 0.478. The molecule has 1 fully saturated rings. The number of rotatable bonds is 2. The molecule has 0 aliphatic heterocycles. The molecule has 1 heterocycles. The lowest BCUT2D eigenvalue weighted by Crippen LogP contribution is -2.39. The van der Waals surface area contributed by atoms with Crippen LogP contribution in [0.3, 0.4) is 0 Å². The fourth-order valence-electron chi connectivity index (χ4n) is 2.52. The van der Waals surface area contributed by atoms with Gasteiger partial charge in [-0.15, -0.1) is 0 Å². The summed E-state index contributed by atoms with van der Waals surface area (Å²) >= 11 is 6.04. The van der Waals surface area contributed by atoms with Crippen LogP contribution in [0, 0.1) is 5.92 Å². The molecule has 0 spiro atoms. The van der Waals surface area contributed by atoms with Gasteiger partial charge in [-0.2, -0.15) is 0 Å². The van der Waals surface area contributed by atoms with Crippen LogP contribution in [0.2, 0.25) is 5.02 Å². The Kier molecular flexibility index (Phi) is 4.23. The lowest BCUT2D eigenvalue weighted by atomic mass is 9.86. The zero-order chi connectivity index (χ0) is 13.1. The second kappa shape index (κ2) is 5.70. The number of halogens is 1. The molecule has 4 heteroatoms. The third kappa shape index (κ3) is 2.83. The van der Waals surface area contributed by atoms with E-state index in [9.17, 15) is 4.79 Å². The van der Waals surface area contributed by atoms with E-state index in [0.717, 1.165) is 18.8 Å². The van der Waals surface area contributed by atoms with Gasteiger partial charge >= 0.3 is 0 Å². The predicted molar refractivity (Wildman–Crippen MR) is 72.8 cm³/mol. The molecule has 1 aliphatic carbocycles. The highest BCUT2D eigenvalue weighted by Gasteiger charge is 2.26. The molecule has 98 valence electrons.